The number of fused-ring (bicyclic) bond motifs is 1. The molecule has 2 aromatic carbocycles. The van der Waals surface area contributed by atoms with Gasteiger partial charge in [0.25, 0.3) is 0 Å². The van der Waals surface area contributed by atoms with Crippen molar-refractivity contribution in [1.29, 1.82) is 0 Å². The predicted octanol–water partition coefficient (Wildman–Crippen LogP) is 4.12. The first-order valence-corrected chi connectivity index (χ1v) is 10.8. The Bertz CT molecular complexity index is 723. The van der Waals surface area contributed by atoms with E-state index in [2.05, 4.69) is 50.5 Å². The van der Waals surface area contributed by atoms with Crippen LogP contribution in [-0.4, -0.2) is 13.9 Å². The summed E-state index contributed by atoms with van der Waals surface area (Å²) >= 11 is 0. The van der Waals surface area contributed by atoms with Gasteiger partial charge in [-0.25, -0.2) is 0 Å². The van der Waals surface area contributed by atoms with E-state index in [1.807, 2.05) is 24.3 Å². The second-order valence-corrected chi connectivity index (χ2v) is 11.8. The summed E-state index contributed by atoms with van der Waals surface area (Å²) in [7, 11) is -1.39. The predicted molar refractivity (Wildman–Crippen MR) is 91.2 cm³/mol. The van der Waals surface area contributed by atoms with E-state index in [4.69, 9.17) is 0 Å². The molecule has 0 aromatic heterocycles. The minimum absolute atomic E-state index is 0.0185. The molecule has 0 N–H and O–H groups in total. The number of ketones is 1. The van der Waals surface area contributed by atoms with E-state index in [9.17, 15) is 4.79 Å². The Morgan fingerprint density at radius 3 is 2.29 bits per heavy atom. The fourth-order valence-electron chi connectivity index (χ4n) is 2.99. The highest BCUT2D eigenvalue weighted by atomic mass is 28.3. The van der Waals surface area contributed by atoms with Crippen molar-refractivity contribution < 1.29 is 4.79 Å². The van der Waals surface area contributed by atoms with Crippen LogP contribution in [0.5, 0.6) is 0 Å². The van der Waals surface area contributed by atoms with Gasteiger partial charge in [-0.15, -0.1) is 0 Å². The van der Waals surface area contributed by atoms with Crippen LogP contribution in [0.4, 0.5) is 0 Å². The average Bonchev–Trinajstić information content (AvgIpc) is 2.70. The van der Waals surface area contributed by atoms with Crippen molar-refractivity contribution in [2.75, 3.05) is 0 Å². The van der Waals surface area contributed by atoms with Gasteiger partial charge in [-0.3, -0.25) is 4.79 Å². The maximum Gasteiger partial charge on any atom is 0.189 e. The van der Waals surface area contributed by atoms with Crippen molar-refractivity contribution in [3.8, 4) is 0 Å². The number of hydrogen-bond donors (Lipinski definition) is 0. The summed E-state index contributed by atoms with van der Waals surface area (Å²) < 4.78 is 0. The number of allylic oxidation sites excluding steroid dienone is 1. The molecule has 0 unspecified atom stereocenters. The fourth-order valence-corrected chi connectivity index (χ4v) is 4.16. The van der Waals surface area contributed by atoms with Gasteiger partial charge >= 0.3 is 0 Å². The van der Waals surface area contributed by atoms with Gasteiger partial charge in [0.05, 0.1) is 8.07 Å². The van der Waals surface area contributed by atoms with Gasteiger partial charge in [0.15, 0.2) is 5.78 Å². The van der Waals surface area contributed by atoms with E-state index in [1.54, 1.807) is 0 Å². The third-order valence-electron chi connectivity index (χ3n) is 4.25. The van der Waals surface area contributed by atoms with Gasteiger partial charge < -0.3 is 0 Å². The smallest absolute Gasteiger partial charge is 0.189 e. The Balaban J connectivity index is 2.19. The van der Waals surface area contributed by atoms with Crippen molar-refractivity contribution in [3.63, 3.8) is 0 Å². The van der Waals surface area contributed by atoms with Crippen molar-refractivity contribution >= 4 is 19.0 Å². The second-order valence-electron chi connectivity index (χ2n) is 6.75. The summed E-state index contributed by atoms with van der Waals surface area (Å²) in [5.74, 6) is 0.117. The SMILES string of the molecule is C=C1C(=O)c2ccc([Si](C)(C)C)cc2[C@@H]1c1ccccc1. The molecule has 3 rings (SSSR count). The number of hydrogen-bond acceptors (Lipinski definition) is 1. The molecule has 0 fully saturated rings. The van der Waals surface area contributed by atoms with E-state index in [0.29, 0.717) is 5.57 Å². The van der Waals surface area contributed by atoms with Crippen LogP contribution in [0.1, 0.15) is 27.4 Å². The van der Waals surface area contributed by atoms with Crippen LogP contribution >= 0.6 is 0 Å². The molecule has 1 nitrogen and oxygen atoms in total. The summed E-state index contributed by atoms with van der Waals surface area (Å²) in [6.07, 6.45) is 0. The molecular formula is C19H20OSi. The lowest BCUT2D eigenvalue weighted by Gasteiger charge is -2.19. The van der Waals surface area contributed by atoms with Crippen LogP contribution in [0.2, 0.25) is 19.6 Å². The lowest BCUT2D eigenvalue weighted by atomic mass is 9.91. The number of rotatable bonds is 2. The second kappa shape index (κ2) is 4.81. The van der Waals surface area contributed by atoms with Gasteiger partial charge in [-0.1, -0.05) is 79.9 Å². The van der Waals surface area contributed by atoms with Gasteiger partial charge in [0.2, 0.25) is 0 Å². The molecule has 106 valence electrons. The van der Waals surface area contributed by atoms with Crippen LogP contribution in [-0.2, 0) is 0 Å². The third kappa shape index (κ3) is 2.30. The summed E-state index contributed by atoms with van der Waals surface area (Å²) in [4.78, 5) is 12.5. The highest BCUT2D eigenvalue weighted by Crippen LogP contribution is 2.40. The first kappa shape index (κ1) is 14.0. The van der Waals surface area contributed by atoms with Crippen molar-refractivity contribution in [2.45, 2.75) is 25.6 Å². The third-order valence-corrected chi connectivity index (χ3v) is 6.29. The topological polar surface area (TPSA) is 17.1 Å². The van der Waals surface area contributed by atoms with Crippen molar-refractivity contribution in [3.05, 3.63) is 77.4 Å². The van der Waals surface area contributed by atoms with E-state index < -0.39 is 8.07 Å². The standard InChI is InChI=1S/C19H20OSi/c1-13-18(14-8-6-5-7-9-14)17-12-15(21(2,3)4)10-11-16(17)19(13)20/h5-12,18H,1H2,2-4H3/t18-/m0/s1. The largest absolute Gasteiger partial charge is 0.289 e. The van der Waals surface area contributed by atoms with Gasteiger partial charge in [-0.05, 0) is 11.1 Å². The van der Waals surface area contributed by atoms with Crippen LogP contribution in [0.3, 0.4) is 0 Å². The molecule has 1 atom stereocenters. The first-order chi connectivity index (χ1) is 9.89. The first-order valence-electron chi connectivity index (χ1n) is 7.32. The zero-order valence-corrected chi connectivity index (χ0v) is 13.8. The Kier molecular flexibility index (Phi) is 3.21. The molecule has 0 spiro atoms. The molecule has 0 amide bonds. The maximum absolute atomic E-state index is 12.5. The van der Waals surface area contributed by atoms with Crippen molar-refractivity contribution in [2.24, 2.45) is 0 Å². The zero-order valence-electron chi connectivity index (χ0n) is 12.8. The molecular weight excluding hydrogens is 272 g/mol. The highest BCUT2D eigenvalue weighted by molar-refractivity contribution is 6.88. The number of carbonyl (C=O) groups excluding carboxylic acids is 1. The van der Waals surface area contributed by atoms with Gasteiger partial charge in [-0.2, -0.15) is 0 Å². The molecule has 0 radical (unpaired) electrons. The number of carbonyl (C=O) groups is 1. The van der Waals surface area contributed by atoms with E-state index in [1.165, 1.54) is 5.19 Å². The molecule has 0 aliphatic heterocycles. The summed E-state index contributed by atoms with van der Waals surface area (Å²) in [6.45, 7) is 11.1. The Labute approximate surface area is 127 Å². The summed E-state index contributed by atoms with van der Waals surface area (Å²) in [5, 5.41) is 1.39. The molecule has 21 heavy (non-hydrogen) atoms. The molecule has 0 saturated carbocycles. The normalized spacial score (nSPS) is 18.0. The van der Waals surface area contributed by atoms with Crippen LogP contribution < -0.4 is 5.19 Å². The van der Waals surface area contributed by atoms with Crippen molar-refractivity contribution in [1.82, 2.24) is 0 Å². The van der Waals surface area contributed by atoms with E-state index in [-0.39, 0.29) is 11.7 Å². The molecule has 1 aliphatic carbocycles. The van der Waals surface area contributed by atoms with Gasteiger partial charge in [0.1, 0.15) is 0 Å². The van der Waals surface area contributed by atoms with Crippen LogP contribution in [0.25, 0.3) is 0 Å². The van der Waals surface area contributed by atoms with E-state index in [0.717, 1.165) is 16.7 Å². The quantitative estimate of drug-likeness (QED) is 0.601. The lowest BCUT2D eigenvalue weighted by molar-refractivity contribution is 0.103. The molecule has 1 aliphatic rings. The maximum atomic E-state index is 12.5. The van der Waals surface area contributed by atoms with Crippen LogP contribution in [0.15, 0.2) is 60.7 Å². The van der Waals surface area contributed by atoms with Crippen LogP contribution in [0, 0.1) is 0 Å². The Hall–Kier alpha value is -1.93. The summed E-state index contributed by atoms with van der Waals surface area (Å²) in [6, 6.07) is 16.6. The minimum Gasteiger partial charge on any atom is -0.289 e. The lowest BCUT2D eigenvalue weighted by Crippen LogP contribution is -2.37. The monoisotopic (exact) mass is 292 g/mol. The Morgan fingerprint density at radius 1 is 1.00 bits per heavy atom. The molecule has 0 bridgehead atoms. The molecule has 0 heterocycles. The summed E-state index contributed by atoms with van der Waals surface area (Å²) in [5.41, 5.74) is 3.82. The minimum atomic E-state index is -1.39. The van der Waals surface area contributed by atoms with E-state index >= 15 is 0 Å². The van der Waals surface area contributed by atoms with Gasteiger partial charge in [0, 0.05) is 17.1 Å². The molecule has 0 saturated heterocycles. The number of Topliss-reactive ketones (excluding diaryl/α,β-unsaturated/α-hetero) is 1. The zero-order chi connectivity index (χ0) is 15.2. The Morgan fingerprint density at radius 2 is 1.67 bits per heavy atom. The number of benzene rings is 2. The fraction of sp³-hybridized carbons (Fsp3) is 0.211. The average molecular weight is 292 g/mol. The highest BCUT2D eigenvalue weighted by Gasteiger charge is 2.35. The molecule has 2 heteroatoms. The molecule has 2 aromatic rings.